The molecule has 1 atom stereocenters. The van der Waals surface area contributed by atoms with E-state index in [4.69, 9.17) is 16.7 Å². The second-order valence-corrected chi connectivity index (χ2v) is 4.10. The molecule has 0 saturated carbocycles. The molecule has 3 nitrogen and oxygen atoms in total. The van der Waals surface area contributed by atoms with Gasteiger partial charge < -0.3 is 10.4 Å². The second-order valence-electron chi connectivity index (χ2n) is 3.69. The number of benzene rings is 1. The SMILES string of the molecule is CCC(CCO)NC(=O)c1cccc(Cl)c1F. The Morgan fingerprint density at radius 1 is 1.59 bits per heavy atom. The van der Waals surface area contributed by atoms with E-state index in [9.17, 15) is 9.18 Å². The maximum Gasteiger partial charge on any atom is 0.254 e. The molecular weight excluding hydrogens is 245 g/mol. The van der Waals surface area contributed by atoms with Crippen molar-refractivity contribution in [3.8, 4) is 0 Å². The van der Waals surface area contributed by atoms with E-state index in [1.165, 1.54) is 18.2 Å². The van der Waals surface area contributed by atoms with Crippen LogP contribution in [0.2, 0.25) is 5.02 Å². The Morgan fingerprint density at radius 2 is 2.29 bits per heavy atom. The van der Waals surface area contributed by atoms with Crippen LogP contribution in [-0.2, 0) is 0 Å². The first-order valence-electron chi connectivity index (χ1n) is 5.45. The summed E-state index contributed by atoms with van der Waals surface area (Å²) < 4.78 is 13.6. The molecular formula is C12H15ClFNO2. The third-order valence-electron chi connectivity index (χ3n) is 2.50. The third-order valence-corrected chi connectivity index (χ3v) is 2.79. The summed E-state index contributed by atoms with van der Waals surface area (Å²) in [6.07, 6.45) is 1.12. The van der Waals surface area contributed by atoms with Crippen LogP contribution in [0.1, 0.15) is 30.1 Å². The lowest BCUT2D eigenvalue weighted by Crippen LogP contribution is -2.35. The first-order valence-corrected chi connectivity index (χ1v) is 5.83. The van der Waals surface area contributed by atoms with Crippen molar-refractivity contribution in [1.29, 1.82) is 0 Å². The highest BCUT2D eigenvalue weighted by atomic mass is 35.5. The first kappa shape index (κ1) is 13.9. The van der Waals surface area contributed by atoms with E-state index in [2.05, 4.69) is 5.32 Å². The van der Waals surface area contributed by atoms with Gasteiger partial charge in [-0.3, -0.25) is 4.79 Å². The zero-order valence-corrected chi connectivity index (χ0v) is 10.3. The van der Waals surface area contributed by atoms with E-state index in [1.807, 2.05) is 6.92 Å². The minimum absolute atomic E-state index is 0.0170. The number of hydrogen-bond acceptors (Lipinski definition) is 2. The van der Waals surface area contributed by atoms with Crippen molar-refractivity contribution >= 4 is 17.5 Å². The van der Waals surface area contributed by atoms with Crippen molar-refractivity contribution in [2.45, 2.75) is 25.8 Å². The van der Waals surface area contributed by atoms with Gasteiger partial charge in [-0.2, -0.15) is 0 Å². The summed E-state index contributed by atoms with van der Waals surface area (Å²) in [6, 6.07) is 4.12. The Hall–Kier alpha value is -1.13. The number of amides is 1. The van der Waals surface area contributed by atoms with E-state index >= 15 is 0 Å². The Labute approximate surface area is 105 Å². The lowest BCUT2D eigenvalue weighted by molar-refractivity contribution is 0.0925. The lowest BCUT2D eigenvalue weighted by Gasteiger charge is -2.16. The van der Waals surface area contributed by atoms with Gasteiger partial charge in [-0.25, -0.2) is 4.39 Å². The fourth-order valence-corrected chi connectivity index (χ4v) is 1.65. The van der Waals surface area contributed by atoms with Gasteiger partial charge in [0.25, 0.3) is 5.91 Å². The zero-order chi connectivity index (χ0) is 12.8. The average Bonchev–Trinajstić information content (AvgIpc) is 2.31. The topological polar surface area (TPSA) is 49.3 Å². The molecule has 94 valence electrons. The molecule has 0 aromatic heterocycles. The number of rotatable bonds is 5. The summed E-state index contributed by atoms with van der Waals surface area (Å²) in [5.74, 6) is -1.23. The van der Waals surface area contributed by atoms with Gasteiger partial charge in [-0.05, 0) is 25.0 Å². The number of carbonyl (C=O) groups is 1. The summed E-state index contributed by atoms with van der Waals surface area (Å²) >= 11 is 5.59. The van der Waals surface area contributed by atoms with Gasteiger partial charge in [0, 0.05) is 12.6 Å². The van der Waals surface area contributed by atoms with Gasteiger partial charge in [0.1, 0.15) is 0 Å². The fraction of sp³-hybridized carbons (Fsp3) is 0.417. The molecule has 1 amide bonds. The molecule has 0 aliphatic heterocycles. The molecule has 5 heteroatoms. The molecule has 1 aromatic rings. The second kappa shape index (κ2) is 6.57. The molecule has 0 bridgehead atoms. The Balaban J connectivity index is 2.79. The standard InChI is InChI=1S/C12H15ClFNO2/c1-2-8(6-7-16)15-12(17)9-4-3-5-10(13)11(9)14/h3-5,8,16H,2,6-7H2,1H3,(H,15,17). The molecule has 1 rings (SSSR count). The number of aliphatic hydroxyl groups excluding tert-OH is 1. The number of hydrogen-bond donors (Lipinski definition) is 2. The van der Waals surface area contributed by atoms with Crippen LogP contribution in [0.3, 0.4) is 0 Å². The van der Waals surface area contributed by atoms with Crippen molar-refractivity contribution in [3.63, 3.8) is 0 Å². The molecule has 1 aromatic carbocycles. The number of nitrogens with one attached hydrogen (secondary N) is 1. The summed E-state index contributed by atoms with van der Waals surface area (Å²) in [7, 11) is 0. The maximum atomic E-state index is 13.6. The predicted octanol–water partition coefficient (Wildman–Crippen LogP) is 2.37. The summed E-state index contributed by atoms with van der Waals surface area (Å²) in [5.41, 5.74) is -0.0751. The number of halogens is 2. The Morgan fingerprint density at radius 3 is 2.88 bits per heavy atom. The zero-order valence-electron chi connectivity index (χ0n) is 9.54. The molecule has 0 radical (unpaired) electrons. The largest absolute Gasteiger partial charge is 0.396 e. The third kappa shape index (κ3) is 3.68. The fourth-order valence-electron chi connectivity index (χ4n) is 1.48. The highest BCUT2D eigenvalue weighted by Crippen LogP contribution is 2.18. The number of aliphatic hydroxyl groups is 1. The molecule has 0 aliphatic carbocycles. The molecule has 0 heterocycles. The van der Waals surface area contributed by atoms with Gasteiger partial charge >= 0.3 is 0 Å². The van der Waals surface area contributed by atoms with Crippen LogP contribution in [0, 0.1) is 5.82 Å². The highest BCUT2D eigenvalue weighted by Gasteiger charge is 2.16. The van der Waals surface area contributed by atoms with Gasteiger partial charge in [-0.1, -0.05) is 24.6 Å². The smallest absolute Gasteiger partial charge is 0.254 e. The van der Waals surface area contributed by atoms with E-state index in [-0.39, 0.29) is 23.2 Å². The molecule has 0 aliphatic rings. The van der Waals surface area contributed by atoms with E-state index in [0.717, 1.165) is 0 Å². The van der Waals surface area contributed by atoms with Crippen LogP contribution in [0.4, 0.5) is 4.39 Å². The Kier molecular flexibility index (Phi) is 5.38. The summed E-state index contributed by atoms with van der Waals surface area (Å²) in [5, 5.41) is 11.4. The van der Waals surface area contributed by atoms with Crippen LogP contribution < -0.4 is 5.32 Å². The normalized spacial score (nSPS) is 12.2. The molecule has 2 N–H and O–H groups in total. The predicted molar refractivity (Wildman–Crippen MR) is 64.7 cm³/mol. The summed E-state index contributed by atoms with van der Waals surface area (Å²) in [6.45, 7) is 1.87. The molecule has 0 spiro atoms. The molecule has 1 unspecified atom stereocenters. The minimum atomic E-state index is -0.717. The van der Waals surface area contributed by atoms with Crippen LogP contribution in [-0.4, -0.2) is 23.7 Å². The minimum Gasteiger partial charge on any atom is -0.396 e. The monoisotopic (exact) mass is 259 g/mol. The number of carbonyl (C=O) groups excluding carboxylic acids is 1. The summed E-state index contributed by atoms with van der Waals surface area (Å²) in [4.78, 5) is 11.8. The van der Waals surface area contributed by atoms with Crippen LogP contribution in [0.5, 0.6) is 0 Å². The lowest BCUT2D eigenvalue weighted by atomic mass is 10.1. The van der Waals surface area contributed by atoms with Gasteiger partial charge in [0.15, 0.2) is 5.82 Å². The van der Waals surface area contributed by atoms with Crippen LogP contribution >= 0.6 is 11.6 Å². The van der Waals surface area contributed by atoms with Crippen molar-refractivity contribution < 1.29 is 14.3 Å². The van der Waals surface area contributed by atoms with Crippen molar-refractivity contribution in [2.24, 2.45) is 0 Å². The van der Waals surface area contributed by atoms with Crippen molar-refractivity contribution in [3.05, 3.63) is 34.6 Å². The van der Waals surface area contributed by atoms with Gasteiger partial charge in [0.05, 0.1) is 10.6 Å². The van der Waals surface area contributed by atoms with Crippen molar-refractivity contribution in [1.82, 2.24) is 5.32 Å². The quantitative estimate of drug-likeness (QED) is 0.853. The first-order chi connectivity index (χ1) is 8.10. The maximum absolute atomic E-state index is 13.6. The van der Waals surface area contributed by atoms with Gasteiger partial charge in [-0.15, -0.1) is 0 Å². The molecule has 0 saturated heterocycles. The molecule has 0 fully saturated rings. The highest BCUT2D eigenvalue weighted by molar-refractivity contribution is 6.31. The van der Waals surface area contributed by atoms with Crippen LogP contribution in [0.15, 0.2) is 18.2 Å². The van der Waals surface area contributed by atoms with Gasteiger partial charge in [0.2, 0.25) is 0 Å². The van der Waals surface area contributed by atoms with E-state index in [1.54, 1.807) is 0 Å². The molecule has 17 heavy (non-hydrogen) atoms. The van der Waals surface area contributed by atoms with E-state index < -0.39 is 11.7 Å². The van der Waals surface area contributed by atoms with E-state index in [0.29, 0.717) is 12.8 Å². The average molecular weight is 260 g/mol. The Bertz CT molecular complexity index is 398. The van der Waals surface area contributed by atoms with Crippen LogP contribution in [0.25, 0.3) is 0 Å². The van der Waals surface area contributed by atoms with Crippen molar-refractivity contribution in [2.75, 3.05) is 6.61 Å².